The Balaban J connectivity index is 2.11. The number of benzene rings is 1. The molecule has 1 aromatic carbocycles. The first-order valence-corrected chi connectivity index (χ1v) is 9.56. The van der Waals surface area contributed by atoms with Crippen molar-refractivity contribution < 1.29 is 19.1 Å². The first kappa shape index (κ1) is 21.2. The molecule has 0 aromatic heterocycles. The van der Waals surface area contributed by atoms with Crippen LogP contribution in [0.25, 0.3) is 0 Å². The number of urea groups is 1. The van der Waals surface area contributed by atoms with Crippen molar-refractivity contribution in [2.75, 3.05) is 27.0 Å². The van der Waals surface area contributed by atoms with Crippen LogP contribution in [0.4, 0.5) is 4.79 Å². The van der Waals surface area contributed by atoms with Crippen molar-refractivity contribution >= 4 is 11.9 Å². The number of rotatable bonds is 9. The number of likely N-dealkylation sites (tertiary alicyclic amines) is 1. The third kappa shape index (κ3) is 5.43. The molecule has 1 heterocycles. The Morgan fingerprint density at radius 3 is 2.48 bits per heavy atom. The van der Waals surface area contributed by atoms with E-state index in [1.165, 1.54) is 0 Å². The van der Waals surface area contributed by atoms with E-state index in [4.69, 9.17) is 15.2 Å². The number of nitrogens with one attached hydrogen (secondary N) is 1. The van der Waals surface area contributed by atoms with E-state index in [0.29, 0.717) is 19.5 Å². The summed E-state index contributed by atoms with van der Waals surface area (Å²) < 4.78 is 10.5. The lowest BCUT2D eigenvalue weighted by Crippen LogP contribution is -2.59. The summed E-state index contributed by atoms with van der Waals surface area (Å²) in [7, 11) is 1.59. The number of carbonyl (C=O) groups is 2. The van der Waals surface area contributed by atoms with Crippen molar-refractivity contribution in [2.24, 2.45) is 5.73 Å². The van der Waals surface area contributed by atoms with Gasteiger partial charge in [0.05, 0.1) is 6.10 Å². The van der Waals surface area contributed by atoms with E-state index in [2.05, 4.69) is 5.32 Å². The van der Waals surface area contributed by atoms with E-state index in [9.17, 15) is 9.59 Å². The number of amides is 3. The summed E-state index contributed by atoms with van der Waals surface area (Å²) in [6.07, 6.45) is 3.72. The van der Waals surface area contributed by atoms with Gasteiger partial charge in [0.15, 0.2) is 0 Å². The lowest BCUT2D eigenvalue weighted by Gasteiger charge is -2.37. The van der Waals surface area contributed by atoms with E-state index in [0.717, 1.165) is 31.2 Å². The van der Waals surface area contributed by atoms with E-state index < -0.39 is 11.4 Å². The Morgan fingerprint density at radius 2 is 1.93 bits per heavy atom. The number of piperidine rings is 1. The summed E-state index contributed by atoms with van der Waals surface area (Å²) in [5.74, 6) is -0.534. The van der Waals surface area contributed by atoms with Gasteiger partial charge in [-0.2, -0.15) is 0 Å². The Hall–Kier alpha value is -2.12. The minimum absolute atomic E-state index is 0.0871. The van der Waals surface area contributed by atoms with Crippen LogP contribution in [0.3, 0.4) is 0 Å². The third-order valence-electron chi connectivity index (χ3n) is 5.06. The molecular weight excluding hydrogens is 346 g/mol. The van der Waals surface area contributed by atoms with Crippen molar-refractivity contribution in [3.8, 4) is 0 Å². The van der Waals surface area contributed by atoms with Gasteiger partial charge in [-0.25, -0.2) is 4.79 Å². The van der Waals surface area contributed by atoms with Gasteiger partial charge in [-0.1, -0.05) is 50.1 Å². The summed E-state index contributed by atoms with van der Waals surface area (Å²) in [6, 6.07) is 8.99. The third-order valence-corrected chi connectivity index (χ3v) is 5.06. The number of methoxy groups -OCH3 is 1. The van der Waals surface area contributed by atoms with Crippen LogP contribution < -0.4 is 11.1 Å². The van der Waals surface area contributed by atoms with Crippen LogP contribution in [0.15, 0.2) is 30.3 Å². The fourth-order valence-electron chi connectivity index (χ4n) is 3.42. The predicted molar refractivity (Wildman–Crippen MR) is 103 cm³/mol. The minimum atomic E-state index is -1.20. The molecule has 3 amide bonds. The summed E-state index contributed by atoms with van der Waals surface area (Å²) in [4.78, 5) is 27.1. The van der Waals surface area contributed by atoms with Gasteiger partial charge in [-0.05, 0) is 24.8 Å². The molecule has 1 aliphatic heterocycles. The highest BCUT2D eigenvalue weighted by Crippen LogP contribution is 2.28. The Bertz CT molecular complexity index is 603. The normalized spacial score (nSPS) is 17.3. The largest absolute Gasteiger partial charge is 0.367 e. The number of carbonyl (C=O) groups excluding carboxylic acids is 2. The van der Waals surface area contributed by atoms with E-state index >= 15 is 0 Å². The second-order valence-corrected chi connectivity index (χ2v) is 6.93. The van der Waals surface area contributed by atoms with E-state index in [1.54, 1.807) is 12.0 Å². The summed E-state index contributed by atoms with van der Waals surface area (Å²) >= 11 is 0. The van der Waals surface area contributed by atoms with Crippen molar-refractivity contribution in [1.82, 2.24) is 10.2 Å². The number of nitrogens with two attached hydrogens (primary N) is 1. The number of ether oxygens (including phenoxy) is 2. The second kappa shape index (κ2) is 10.3. The lowest BCUT2D eigenvalue weighted by atomic mass is 9.84. The molecule has 1 aromatic rings. The molecule has 0 spiro atoms. The molecule has 1 aliphatic rings. The number of hydrogen-bond donors (Lipinski definition) is 2. The smallest absolute Gasteiger partial charge is 0.318 e. The van der Waals surface area contributed by atoms with Crippen LogP contribution in [-0.4, -0.2) is 49.9 Å². The monoisotopic (exact) mass is 377 g/mol. The van der Waals surface area contributed by atoms with Gasteiger partial charge in [0.1, 0.15) is 12.3 Å². The van der Waals surface area contributed by atoms with Gasteiger partial charge in [-0.3, -0.25) is 4.79 Å². The molecule has 0 saturated carbocycles. The molecule has 0 aliphatic carbocycles. The van der Waals surface area contributed by atoms with Crippen molar-refractivity contribution in [3.63, 3.8) is 0 Å². The van der Waals surface area contributed by atoms with Crippen LogP contribution in [0.2, 0.25) is 0 Å². The molecule has 0 unspecified atom stereocenters. The molecule has 150 valence electrons. The Kier molecular flexibility index (Phi) is 8.06. The summed E-state index contributed by atoms with van der Waals surface area (Å²) in [5.41, 5.74) is 5.32. The number of hydrogen-bond acceptors (Lipinski definition) is 4. The molecule has 1 fully saturated rings. The molecule has 1 atom stereocenters. The maximum Gasteiger partial charge on any atom is 0.318 e. The molecule has 7 heteroatoms. The SMILES string of the molecule is CCCC[C@@](NC(=O)N1CCC(OCOC)CC1)(C(N)=O)c1ccccc1. The van der Waals surface area contributed by atoms with Gasteiger partial charge < -0.3 is 25.4 Å². The van der Waals surface area contributed by atoms with E-state index in [1.807, 2.05) is 37.3 Å². The highest BCUT2D eigenvalue weighted by atomic mass is 16.7. The van der Waals surface area contributed by atoms with Crippen LogP contribution >= 0.6 is 0 Å². The fraction of sp³-hybridized carbons (Fsp3) is 0.600. The first-order valence-electron chi connectivity index (χ1n) is 9.56. The molecule has 1 saturated heterocycles. The average Bonchev–Trinajstić information content (AvgIpc) is 2.70. The minimum Gasteiger partial charge on any atom is -0.367 e. The van der Waals surface area contributed by atoms with E-state index in [-0.39, 0.29) is 18.9 Å². The van der Waals surface area contributed by atoms with Crippen LogP contribution in [0, 0.1) is 0 Å². The van der Waals surface area contributed by atoms with Gasteiger partial charge in [-0.15, -0.1) is 0 Å². The quantitative estimate of drug-likeness (QED) is 0.646. The zero-order valence-electron chi connectivity index (χ0n) is 16.3. The number of unbranched alkanes of at least 4 members (excludes halogenated alkanes) is 1. The lowest BCUT2D eigenvalue weighted by molar-refractivity contribution is -0.125. The summed E-state index contributed by atoms with van der Waals surface area (Å²) in [5, 5.41) is 2.96. The van der Waals surface area contributed by atoms with Crippen LogP contribution in [0.5, 0.6) is 0 Å². The zero-order valence-corrected chi connectivity index (χ0v) is 16.3. The van der Waals surface area contributed by atoms with Gasteiger partial charge in [0.25, 0.3) is 0 Å². The zero-order chi connectivity index (χ0) is 19.7. The second-order valence-electron chi connectivity index (χ2n) is 6.93. The van der Waals surface area contributed by atoms with Crippen molar-refractivity contribution in [3.05, 3.63) is 35.9 Å². The predicted octanol–water partition coefficient (Wildman–Crippen LogP) is 2.35. The maximum absolute atomic E-state index is 12.9. The number of nitrogens with zero attached hydrogens (tertiary/aromatic N) is 1. The molecule has 3 N–H and O–H groups in total. The number of primary amides is 1. The van der Waals surface area contributed by atoms with Gasteiger partial charge in [0.2, 0.25) is 5.91 Å². The molecule has 7 nitrogen and oxygen atoms in total. The molecule has 27 heavy (non-hydrogen) atoms. The van der Waals surface area contributed by atoms with Crippen LogP contribution in [-0.2, 0) is 19.8 Å². The van der Waals surface area contributed by atoms with Crippen molar-refractivity contribution in [2.45, 2.75) is 50.7 Å². The van der Waals surface area contributed by atoms with Crippen LogP contribution in [0.1, 0.15) is 44.6 Å². The standard InChI is InChI=1S/C20H31N3O4/c1-3-4-12-20(18(21)24,16-8-6-5-7-9-16)22-19(25)23-13-10-17(11-14-23)27-15-26-2/h5-9,17H,3-4,10-15H2,1-2H3,(H2,21,24)(H,22,25)/t20-/m0/s1. The molecule has 0 radical (unpaired) electrons. The molecule has 0 bridgehead atoms. The van der Waals surface area contributed by atoms with Crippen molar-refractivity contribution in [1.29, 1.82) is 0 Å². The average molecular weight is 377 g/mol. The maximum atomic E-state index is 12.9. The molecular formula is C20H31N3O4. The fourth-order valence-corrected chi connectivity index (χ4v) is 3.42. The highest BCUT2D eigenvalue weighted by Gasteiger charge is 2.40. The summed E-state index contributed by atoms with van der Waals surface area (Å²) in [6.45, 7) is 3.44. The highest BCUT2D eigenvalue weighted by molar-refractivity contribution is 5.91. The first-order chi connectivity index (χ1) is 13.0. The molecule has 2 rings (SSSR count). The topological polar surface area (TPSA) is 93.9 Å². The van der Waals surface area contributed by atoms with Gasteiger partial charge >= 0.3 is 6.03 Å². The Labute approximate surface area is 161 Å². The van der Waals surface area contributed by atoms with Gasteiger partial charge in [0, 0.05) is 20.2 Å². The Morgan fingerprint density at radius 1 is 1.26 bits per heavy atom.